The first-order valence-corrected chi connectivity index (χ1v) is 6.76. The second kappa shape index (κ2) is 4.98. The first-order chi connectivity index (χ1) is 7.69. The van der Waals surface area contributed by atoms with Crippen LogP contribution in [0.3, 0.4) is 0 Å². The second-order valence-electron chi connectivity index (χ2n) is 3.87. The molecule has 1 aliphatic rings. The van der Waals surface area contributed by atoms with Crippen molar-refractivity contribution in [2.24, 2.45) is 5.92 Å². The molecule has 0 aromatic carbocycles. The maximum atomic E-state index is 11.7. The summed E-state index contributed by atoms with van der Waals surface area (Å²) in [6.45, 7) is 1.21. The van der Waals surface area contributed by atoms with Crippen LogP contribution in [-0.4, -0.2) is 17.4 Å². The molecule has 0 saturated carbocycles. The molecule has 1 saturated heterocycles. The molecule has 0 spiro atoms. The summed E-state index contributed by atoms with van der Waals surface area (Å²) in [5.74, 6) is 0.164. The molecule has 1 aliphatic heterocycles. The van der Waals surface area contributed by atoms with Gasteiger partial charge in [0.25, 0.3) is 0 Å². The Hall–Kier alpha value is -0.860. The summed E-state index contributed by atoms with van der Waals surface area (Å²) >= 11 is 5.02. The van der Waals surface area contributed by atoms with E-state index in [1.54, 1.807) is 16.2 Å². The number of piperidine rings is 1. The Labute approximate surface area is 107 Å². The normalized spacial score (nSPS) is 20.9. The van der Waals surface area contributed by atoms with Gasteiger partial charge in [0.2, 0.25) is 5.91 Å². The van der Waals surface area contributed by atoms with Crippen LogP contribution in [0.15, 0.2) is 15.9 Å². The van der Waals surface area contributed by atoms with Gasteiger partial charge < -0.3 is 4.90 Å². The van der Waals surface area contributed by atoms with E-state index in [-0.39, 0.29) is 11.8 Å². The van der Waals surface area contributed by atoms with Gasteiger partial charge in [0.05, 0.1) is 18.5 Å². The zero-order valence-electron chi connectivity index (χ0n) is 8.65. The van der Waals surface area contributed by atoms with Gasteiger partial charge in [-0.05, 0) is 28.4 Å². The Bertz CT molecular complexity index is 437. The number of amides is 1. The van der Waals surface area contributed by atoms with Gasteiger partial charge >= 0.3 is 0 Å². The number of halogens is 1. The minimum Gasteiger partial charge on any atom is -0.336 e. The van der Waals surface area contributed by atoms with E-state index in [4.69, 9.17) is 5.26 Å². The third-order valence-electron chi connectivity index (χ3n) is 2.65. The van der Waals surface area contributed by atoms with Crippen molar-refractivity contribution in [3.05, 3.63) is 20.8 Å². The van der Waals surface area contributed by atoms with E-state index in [1.165, 1.54) is 0 Å². The predicted molar refractivity (Wildman–Crippen MR) is 65.8 cm³/mol. The van der Waals surface area contributed by atoms with Gasteiger partial charge in [0.1, 0.15) is 0 Å². The second-order valence-corrected chi connectivity index (χ2v) is 5.78. The lowest BCUT2D eigenvalue weighted by molar-refractivity contribution is -0.134. The highest BCUT2D eigenvalue weighted by molar-refractivity contribution is 9.10. The van der Waals surface area contributed by atoms with E-state index in [1.807, 2.05) is 11.4 Å². The molecule has 0 radical (unpaired) electrons. The van der Waals surface area contributed by atoms with Crippen molar-refractivity contribution >= 4 is 33.2 Å². The quantitative estimate of drug-likeness (QED) is 0.843. The van der Waals surface area contributed by atoms with Crippen molar-refractivity contribution in [1.29, 1.82) is 5.26 Å². The van der Waals surface area contributed by atoms with Crippen molar-refractivity contribution in [2.45, 2.75) is 19.4 Å². The molecule has 16 heavy (non-hydrogen) atoms. The summed E-state index contributed by atoms with van der Waals surface area (Å²) in [7, 11) is 0. The van der Waals surface area contributed by atoms with Crippen LogP contribution in [0.4, 0.5) is 0 Å². The number of hydrogen-bond donors (Lipinski definition) is 0. The first kappa shape index (κ1) is 11.6. The van der Waals surface area contributed by atoms with Crippen LogP contribution in [-0.2, 0) is 11.3 Å². The highest BCUT2D eigenvalue weighted by atomic mass is 79.9. The predicted octanol–water partition coefficient (Wildman–Crippen LogP) is 2.77. The highest BCUT2D eigenvalue weighted by Crippen LogP contribution is 2.24. The van der Waals surface area contributed by atoms with Gasteiger partial charge in [-0.1, -0.05) is 0 Å². The largest absolute Gasteiger partial charge is 0.336 e. The standard InChI is InChI=1S/C11H11BrN2OS/c12-9-3-10(16-7-9)6-14-5-8(4-13)1-2-11(14)15/h3,7-8H,1-2,5-6H2. The lowest BCUT2D eigenvalue weighted by Crippen LogP contribution is -2.38. The minimum atomic E-state index is 0.00102. The Morgan fingerprint density at radius 2 is 2.50 bits per heavy atom. The van der Waals surface area contributed by atoms with Crippen LogP contribution in [0.2, 0.25) is 0 Å². The smallest absolute Gasteiger partial charge is 0.222 e. The van der Waals surface area contributed by atoms with Crippen LogP contribution in [0.5, 0.6) is 0 Å². The molecule has 1 aromatic heterocycles. The minimum absolute atomic E-state index is 0.00102. The van der Waals surface area contributed by atoms with Crippen LogP contribution < -0.4 is 0 Å². The van der Waals surface area contributed by atoms with Gasteiger partial charge in [-0.3, -0.25) is 4.79 Å². The summed E-state index contributed by atoms with van der Waals surface area (Å²) < 4.78 is 1.05. The molecule has 2 rings (SSSR count). The van der Waals surface area contributed by atoms with Gasteiger partial charge in [-0.25, -0.2) is 0 Å². The molecule has 1 fully saturated rings. The molecule has 3 nitrogen and oxygen atoms in total. The molecule has 0 N–H and O–H groups in total. The summed E-state index contributed by atoms with van der Waals surface area (Å²) in [5, 5.41) is 10.9. The molecular weight excluding hydrogens is 288 g/mol. The van der Waals surface area contributed by atoms with E-state index in [2.05, 4.69) is 22.0 Å². The number of carbonyl (C=O) groups excluding carboxylic acids is 1. The molecule has 1 aromatic rings. The number of carbonyl (C=O) groups is 1. The highest BCUT2D eigenvalue weighted by Gasteiger charge is 2.25. The summed E-state index contributed by atoms with van der Waals surface area (Å²) in [6.07, 6.45) is 1.21. The van der Waals surface area contributed by atoms with Gasteiger partial charge in [0, 0.05) is 27.7 Å². The fourth-order valence-corrected chi connectivity index (χ4v) is 3.26. The Morgan fingerprint density at radius 1 is 1.69 bits per heavy atom. The lowest BCUT2D eigenvalue weighted by atomic mass is 9.99. The third kappa shape index (κ3) is 2.63. The molecule has 0 aliphatic carbocycles. The van der Waals surface area contributed by atoms with Gasteiger partial charge in [-0.2, -0.15) is 5.26 Å². The Balaban J connectivity index is 2.03. The molecule has 84 valence electrons. The van der Waals surface area contributed by atoms with Crippen molar-refractivity contribution < 1.29 is 4.79 Å². The fourth-order valence-electron chi connectivity index (χ4n) is 1.80. The third-order valence-corrected chi connectivity index (χ3v) is 4.33. The summed E-state index contributed by atoms with van der Waals surface area (Å²) in [4.78, 5) is 14.6. The molecule has 1 unspecified atom stereocenters. The van der Waals surface area contributed by atoms with E-state index < -0.39 is 0 Å². The van der Waals surface area contributed by atoms with Gasteiger partial charge in [0.15, 0.2) is 0 Å². The van der Waals surface area contributed by atoms with E-state index in [9.17, 15) is 4.79 Å². The maximum absolute atomic E-state index is 11.7. The van der Waals surface area contributed by atoms with Crippen LogP contribution in [0.25, 0.3) is 0 Å². The molecule has 2 heterocycles. The van der Waals surface area contributed by atoms with Crippen molar-refractivity contribution in [1.82, 2.24) is 4.90 Å². The number of nitrogens with zero attached hydrogens (tertiary/aromatic N) is 2. The monoisotopic (exact) mass is 298 g/mol. The molecule has 0 bridgehead atoms. The average molecular weight is 299 g/mol. The topological polar surface area (TPSA) is 44.1 Å². The van der Waals surface area contributed by atoms with Gasteiger partial charge in [-0.15, -0.1) is 11.3 Å². The average Bonchev–Trinajstić information content (AvgIpc) is 2.67. The zero-order valence-corrected chi connectivity index (χ0v) is 11.1. The molecular formula is C11H11BrN2OS. The maximum Gasteiger partial charge on any atom is 0.222 e. The molecule has 1 amide bonds. The Kier molecular flexibility index (Phi) is 3.62. The number of hydrogen-bond acceptors (Lipinski definition) is 3. The Morgan fingerprint density at radius 3 is 3.12 bits per heavy atom. The number of thiophene rings is 1. The van der Waals surface area contributed by atoms with Crippen LogP contribution in [0.1, 0.15) is 17.7 Å². The number of nitriles is 1. The number of rotatable bonds is 2. The zero-order chi connectivity index (χ0) is 11.5. The first-order valence-electron chi connectivity index (χ1n) is 5.09. The van der Waals surface area contributed by atoms with Crippen LogP contribution in [0, 0.1) is 17.2 Å². The van der Waals surface area contributed by atoms with E-state index in [0.717, 1.165) is 9.35 Å². The fraction of sp³-hybridized carbons (Fsp3) is 0.455. The molecule has 1 atom stereocenters. The van der Waals surface area contributed by atoms with Crippen molar-refractivity contribution in [3.63, 3.8) is 0 Å². The molecule has 5 heteroatoms. The SMILES string of the molecule is N#CC1CCC(=O)N(Cc2cc(Br)cs2)C1. The van der Waals surface area contributed by atoms with Crippen molar-refractivity contribution in [3.8, 4) is 6.07 Å². The van der Waals surface area contributed by atoms with E-state index >= 15 is 0 Å². The lowest BCUT2D eigenvalue weighted by Gasteiger charge is -2.29. The van der Waals surface area contributed by atoms with Crippen molar-refractivity contribution in [2.75, 3.05) is 6.54 Å². The van der Waals surface area contributed by atoms with E-state index in [0.29, 0.717) is 25.9 Å². The number of likely N-dealkylation sites (tertiary alicyclic amines) is 1. The van der Waals surface area contributed by atoms with Crippen LogP contribution >= 0.6 is 27.3 Å². The summed E-state index contributed by atoms with van der Waals surface area (Å²) in [6, 6.07) is 4.27. The summed E-state index contributed by atoms with van der Waals surface area (Å²) in [5.41, 5.74) is 0.